The van der Waals surface area contributed by atoms with E-state index in [1.165, 1.54) is 6.42 Å². The molecule has 0 spiro atoms. The topological polar surface area (TPSA) is 58.4 Å². The summed E-state index contributed by atoms with van der Waals surface area (Å²) >= 11 is 1.73. The van der Waals surface area contributed by atoms with Gasteiger partial charge in [-0.1, -0.05) is 13.8 Å². The molecule has 21 heavy (non-hydrogen) atoms. The van der Waals surface area contributed by atoms with Gasteiger partial charge in [0, 0.05) is 25.2 Å². The molecule has 4 nitrogen and oxygen atoms in total. The van der Waals surface area contributed by atoms with Crippen molar-refractivity contribution >= 4 is 17.7 Å². The fourth-order valence-electron chi connectivity index (χ4n) is 3.08. The number of carbonyl (C=O) groups excluding carboxylic acids is 1. The molecule has 0 aromatic carbocycles. The van der Waals surface area contributed by atoms with Gasteiger partial charge in [-0.3, -0.25) is 9.69 Å². The average Bonchev–Trinajstić information content (AvgIpc) is 2.41. The minimum absolute atomic E-state index is 0.0160. The molecule has 2 unspecified atom stereocenters. The van der Waals surface area contributed by atoms with E-state index in [0.29, 0.717) is 6.54 Å². The molecule has 1 fully saturated rings. The quantitative estimate of drug-likeness (QED) is 0.754. The normalized spacial score (nSPS) is 25.6. The van der Waals surface area contributed by atoms with Crippen LogP contribution in [0.2, 0.25) is 0 Å². The maximum Gasteiger partial charge on any atom is 0.237 e. The maximum atomic E-state index is 12.0. The van der Waals surface area contributed by atoms with Gasteiger partial charge in [0.1, 0.15) is 0 Å². The Morgan fingerprint density at radius 1 is 1.38 bits per heavy atom. The van der Waals surface area contributed by atoms with Crippen molar-refractivity contribution in [3.63, 3.8) is 0 Å². The van der Waals surface area contributed by atoms with E-state index in [1.54, 1.807) is 11.8 Å². The molecular formula is C16H33N3OS. The Morgan fingerprint density at radius 3 is 2.48 bits per heavy atom. The molecule has 1 aliphatic heterocycles. The first-order chi connectivity index (χ1) is 9.76. The summed E-state index contributed by atoms with van der Waals surface area (Å²) in [4.78, 5) is 14.6. The molecule has 0 aromatic heterocycles. The van der Waals surface area contributed by atoms with Crippen molar-refractivity contribution in [3.05, 3.63) is 0 Å². The molecule has 1 heterocycles. The van der Waals surface area contributed by atoms with Crippen LogP contribution in [0.25, 0.3) is 0 Å². The highest BCUT2D eigenvalue weighted by Gasteiger charge is 2.33. The number of nitrogens with one attached hydrogen (secondary N) is 1. The second kappa shape index (κ2) is 8.39. The molecule has 0 bridgehead atoms. The van der Waals surface area contributed by atoms with Gasteiger partial charge in [-0.15, -0.1) is 0 Å². The Balaban J connectivity index is 2.46. The molecular weight excluding hydrogens is 282 g/mol. The molecule has 0 saturated carbocycles. The van der Waals surface area contributed by atoms with Gasteiger partial charge < -0.3 is 11.1 Å². The van der Waals surface area contributed by atoms with E-state index >= 15 is 0 Å². The number of likely N-dealkylation sites (tertiary alicyclic amines) is 1. The summed E-state index contributed by atoms with van der Waals surface area (Å²) < 4.78 is 0. The third kappa shape index (κ3) is 6.17. The van der Waals surface area contributed by atoms with Crippen LogP contribution in [0, 0.1) is 11.8 Å². The highest BCUT2D eigenvalue weighted by Crippen LogP contribution is 2.26. The SMILES string of the molecule is CSCC[C@H](N)C(=O)NCC(C)(C)N1CC(C)CC(C)C1. The van der Waals surface area contributed by atoms with Crippen LogP contribution in [-0.4, -0.2) is 54.0 Å². The maximum absolute atomic E-state index is 12.0. The highest BCUT2D eigenvalue weighted by atomic mass is 32.2. The van der Waals surface area contributed by atoms with E-state index in [0.717, 1.165) is 37.1 Å². The zero-order valence-corrected chi connectivity index (χ0v) is 15.1. The molecule has 3 N–H and O–H groups in total. The van der Waals surface area contributed by atoms with E-state index in [1.807, 2.05) is 6.26 Å². The lowest BCUT2D eigenvalue weighted by molar-refractivity contribution is -0.123. The number of hydrogen-bond acceptors (Lipinski definition) is 4. The van der Waals surface area contributed by atoms with Crippen LogP contribution in [0.5, 0.6) is 0 Å². The molecule has 1 saturated heterocycles. The molecule has 3 atom stereocenters. The summed E-state index contributed by atoms with van der Waals surface area (Å²) in [7, 11) is 0. The first kappa shape index (κ1) is 18.8. The van der Waals surface area contributed by atoms with Crippen molar-refractivity contribution in [1.82, 2.24) is 10.2 Å². The second-order valence-corrected chi connectivity index (χ2v) is 8.25. The zero-order chi connectivity index (χ0) is 16.0. The van der Waals surface area contributed by atoms with Gasteiger partial charge in [-0.05, 0) is 50.5 Å². The van der Waals surface area contributed by atoms with Crippen LogP contribution in [0.3, 0.4) is 0 Å². The largest absolute Gasteiger partial charge is 0.353 e. The molecule has 1 rings (SSSR count). The molecule has 1 amide bonds. The number of hydrogen-bond donors (Lipinski definition) is 2. The van der Waals surface area contributed by atoms with E-state index in [9.17, 15) is 4.79 Å². The van der Waals surface area contributed by atoms with Gasteiger partial charge in [-0.25, -0.2) is 0 Å². The third-order valence-corrected chi connectivity index (χ3v) is 5.03. The van der Waals surface area contributed by atoms with Crippen molar-refractivity contribution < 1.29 is 4.79 Å². The number of amides is 1. The standard InChI is InChI=1S/C16H33N3OS/c1-12-8-13(2)10-19(9-12)16(3,4)11-18-15(20)14(17)6-7-21-5/h12-14H,6-11,17H2,1-5H3,(H,18,20)/t12?,13?,14-/m0/s1. The summed E-state index contributed by atoms with van der Waals surface area (Å²) in [6.45, 7) is 12.0. The van der Waals surface area contributed by atoms with Gasteiger partial charge in [-0.2, -0.15) is 11.8 Å². The lowest BCUT2D eigenvalue weighted by Gasteiger charge is -2.45. The lowest BCUT2D eigenvalue weighted by Crippen LogP contribution is -2.57. The van der Waals surface area contributed by atoms with Crippen molar-refractivity contribution in [3.8, 4) is 0 Å². The summed E-state index contributed by atoms with van der Waals surface area (Å²) in [6.07, 6.45) is 4.08. The Bertz CT molecular complexity index is 325. The van der Waals surface area contributed by atoms with Crippen LogP contribution in [0.15, 0.2) is 0 Å². The molecule has 0 aromatic rings. The number of nitrogens with zero attached hydrogens (tertiary/aromatic N) is 1. The Kier molecular flexibility index (Phi) is 7.51. The van der Waals surface area contributed by atoms with Crippen LogP contribution >= 0.6 is 11.8 Å². The molecule has 0 radical (unpaired) electrons. The number of thioether (sulfide) groups is 1. The monoisotopic (exact) mass is 315 g/mol. The Labute approximate surface area is 134 Å². The molecule has 1 aliphatic rings. The van der Waals surface area contributed by atoms with Gasteiger partial charge in [0.15, 0.2) is 0 Å². The minimum atomic E-state index is -0.382. The number of rotatable bonds is 7. The number of piperidine rings is 1. The number of carbonyl (C=O) groups is 1. The molecule has 0 aliphatic carbocycles. The predicted molar refractivity (Wildman–Crippen MR) is 92.6 cm³/mol. The molecule has 124 valence electrons. The van der Waals surface area contributed by atoms with Crippen molar-refractivity contribution in [2.45, 2.75) is 52.1 Å². The summed E-state index contributed by atoms with van der Waals surface area (Å²) in [5.41, 5.74) is 5.90. The minimum Gasteiger partial charge on any atom is -0.353 e. The summed E-state index contributed by atoms with van der Waals surface area (Å²) in [5, 5.41) is 3.04. The predicted octanol–water partition coefficient (Wildman–Crippen LogP) is 1.94. The van der Waals surface area contributed by atoms with Crippen molar-refractivity contribution in [1.29, 1.82) is 0 Å². The first-order valence-electron chi connectivity index (χ1n) is 8.03. The Hall–Kier alpha value is -0.260. The fraction of sp³-hybridized carbons (Fsp3) is 0.938. The van der Waals surface area contributed by atoms with Crippen molar-refractivity contribution in [2.24, 2.45) is 17.6 Å². The van der Waals surface area contributed by atoms with Crippen LogP contribution in [-0.2, 0) is 4.79 Å². The van der Waals surface area contributed by atoms with Crippen LogP contribution in [0.4, 0.5) is 0 Å². The fourth-order valence-corrected chi connectivity index (χ4v) is 3.57. The van der Waals surface area contributed by atoms with E-state index in [2.05, 4.69) is 37.9 Å². The van der Waals surface area contributed by atoms with E-state index in [4.69, 9.17) is 5.73 Å². The van der Waals surface area contributed by atoms with E-state index in [-0.39, 0.29) is 17.5 Å². The highest BCUT2D eigenvalue weighted by molar-refractivity contribution is 7.98. The molecule has 5 heteroatoms. The van der Waals surface area contributed by atoms with E-state index < -0.39 is 0 Å². The summed E-state index contributed by atoms with van der Waals surface area (Å²) in [6, 6.07) is -0.382. The third-order valence-electron chi connectivity index (χ3n) is 4.39. The summed E-state index contributed by atoms with van der Waals surface area (Å²) in [5.74, 6) is 2.37. The average molecular weight is 316 g/mol. The van der Waals surface area contributed by atoms with Gasteiger partial charge >= 0.3 is 0 Å². The van der Waals surface area contributed by atoms with Gasteiger partial charge in [0.25, 0.3) is 0 Å². The van der Waals surface area contributed by atoms with Gasteiger partial charge in [0.05, 0.1) is 6.04 Å². The lowest BCUT2D eigenvalue weighted by atomic mass is 9.88. The number of nitrogens with two attached hydrogens (primary N) is 1. The first-order valence-corrected chi connectivity index (χ1v) is 9.43. The van der Waals surface area contributed by atoms with Crippen LogP contribution < -0.4 is 11.1 Å². The zero-order valence-electron chi connectivity index (χ0n) is 14.3. The smallest absolute Gasteiger partial charge is 0.237 e. The van der Waals surface area contributed by atoms with Crippen LogP contribution in [0.1, 0.15) is 40.5 Å². The van der Waals surface area contributed by atoms with Crippen molar-refractivity contribution in [2.75, 3.05) is 31.6 Å². The second-order valence-electron chi connectivity index (χ2n) is 7.27. The van der Waals surface area contributed by atoms with Gasteiger partial charge in [0.2, 0.25) is 5.91 Å². The Morgan fingerprint density at radius 2 is 1.95 bits per heavy atom.